The molecule has 0 radical (unpaired) electrons. The number of nitrogens with one attached hydrogen (secondary N) is 3. The van der Waals surface area contributed by atoms with E-state index in [9.17, 15) is 13.2 Å². The number of hydrogen-bond acceptors (Lipinski definition) is 6. The lowest BCUT2D eigenvalue weighted by atomic mass is 10.2. The summed E-state index contributed by atoms with van der Waals surface area (Å²) < 4.78 is 32.5. The highest BCUT2D eigenvalue weighted by Gasteiger charge is 2.42. The van der Waals surface area contributed by atoms with E-state index >= 15 is 0 Å². The van der Waals surface area contributed by atoms with E-state index in [4.69, 9.17) is 0 Å². The van der Waals surface area contributed by atoms with Crippen LogP contribution in [-0.4, -0.2) is 33.4 Å². The number of esters is 1. The molecule has 7 nitrogen and oxygen atoms in total. The van der Waals surface area contributed by atoms with E-state index in [0.29, 0.717) is 5.69 Å². The quantitative estimate of drug-likeness (QED) is 0.670. The summed E-state index contributed by atoms with van der Waals surface area (Å²) in [5, 5.41) is -1.08. The SMILES string of the molecule is COC(=O)C1CNNC1S(=O)(=O)Nc1ccc(Br)cc1. The van der Waals surface area contributed by atoms with Crippen LogP contribution in [0, 0.1) is 5.92 Å². The van der Waals surface area contributed by atoms with Gasteiger partial charge in [0.25, 0.3) is 10.0 Å². The number of anilines is 1. The standard InChI is InChI=1S/C11H14BrN3O4S/c1-19-11(16)9-6-13-14-10(9)20(17,18)15-8-4-2-7(12)3-5-8/h2-5,9-10,13-15H,6H2,1H3. The highest BCUT2D eigenvalue weighted by Crippen LogP contribution is 2.20. The third-order valence-corrected chi connectivity index (χ3v) is 5.04. The van der Waals surface area contributed by atoms with E-state index in [1.54, 1.807) is 24.3 Å². The van der Waals surface area contributed by atoms with Crippen LogP contribution in [0.4, 0.5) is 5.69 Å². The topological polar surface area (TPSA) is 96.5 Å². The average Bonchev–Trinajstić information content (AvgIpc) is 2.90. The van der Waals surface area contributed by atoms with Crippen LogP contribution in [0.1, 0.15) is 0 Å². The fourth-order valence-corrected chi connectivity index (χ4v) is 3.61. The minimum Gasteiger partial charge on any atom is -0.469 e. The van der Waals surface area contributed by atoms with Gasteiger partial charge >= 0.3 is 5.97 Å². The summed E-state index contributed by atoms with van der Waals surface area (Å²) in [4.78, 5) is 11.6. The maximum atomic E-state index is 12.3. The number of hydrazine groups is 1. The lowest BCUT2D eigenvalue weighted by molar-refractivity contribution is -0.144. The fourth-order valence-electron chi connectivity index (χ4n) is 1.87. The normalized spacial score (nSPS) is 22.5. The largest absolute Gasteiger partial charge is 0.469 e. The van der Waals surface area contributed by atoms with E-state index in [-0.39, 0.29) is 6.54 Å². The van der Waals surface area contributed by atoms with Gasteiger partial charge in [0.1, 0.15) is 5.92 Å². The van der Waals surface area contributed by atoms with Crippen molar-refractivity contribution in [3.63, 3.8) is 0 Å². The molecule has 2 unspecified atom stereocenters. The highest BCUT2D eigenvalue weighted by molar-refractivity contribution is 9.10. The highest BCUT2D eigenvalue weighted by atomic mass is 79.9. The number of hydrogen-bond donors (Lipinski definition) is 3. The molecule has 0 aromatic heterocycles. The second-order valence-electron chi connectivity index (χ2n) is 4.23. The molecular weight excluding hydrogens is 350 g/mol. The molecule has 2 atom stereocenters. The number of sulfonamides is 1. The van der Waals surface area contributed by atoms with E-state index < -0.39 is 27.3 Å². The molecule has 1 saturated heterocycles. The minimum atomic E-state index is -3.77. The number of halogens is 1. The van der Waals surface area contributed by atoms with Crippen LogP contribution in [0.25, 0.3) is 0 Å². The van der Waals surface area contributed by atoms with Crippen LogP contribution in [0.2, 0.25) is 0 Å². The first kappa shape index (κ1) is 15.2. The lowest BCUT2D eigenvalue weighted by Crippen LogP contribution is -2.44. The average molecular weight is 364 g/mol. The van der Waals surface area contributed by atoms with Crippen molar-refractivity contribution in [1.29, 1.82) is 0 Å². The van der Waals surface area contributed by atoms with Crippen LogP contribution >= 0.6 is 15.9 Å². The molecule has 0 saturated carbocycles. The molecular formula is C11H14BrN3O4S. The Morgan fingerprint density at radius 2 is 2.05 bits per heavy atom. The van der Waals surface area contributed by atoms with Gasteiger partial charge in [-0.05, 0) is 24.3 Å². The third kappa shape index (κ3) is 3.29. The van der Waals surface area contributed by atoms with Gasteiger partial charge in [0, 0.05) is 16.7 Å². The number of carbonyl (C=O) groups is 1. The molecule has 2 rings (SSSR count). The molecule has 1 aliphatic heterocycles. The number of methoxy groups -OCH3 is 1. The van der Waals surface area contributed by atoms with Crippen molar-refractivity contribution in [2.75, 3.05) is 18.4 Å². The molecule has 9 heteroatoms. The van der Waals surface area contributed by atoms with Gasteiger partial charge in [0.05, 0.1) is 7.11 Å². The zero-order valence-corrected chi connectivity index (χ0v) is 13.0. The first-order chi connectivity index (χ1) is 9.44. The second-order valence-corrected chi connectivity index (χ2v) is 6.95. The predicted octanol–water partition coefficient (Wildman–Crippen LogP) is 0.414. The molecule has 0 amide bonds. The maximum Gasteiger partial charge on any atom is 0.312 e. The van der Waals surface area contributed by atoms with Crippen LogP contribution in [-0.2, 0) is 19.6 Å². The summed E-state index contributed by atoms with van der Waals surface area (Å²) in [5.41, 5.74) is 5.67. The van der Waals surface area contributed by atoms with Crippen LogP contribution in [0.5, 0.6) is 0 Å². The molecule has 110 valence electrons. The molecule has 1 aromatic rings. The Morgan fingerprint density at radius 1 is 1.40 bits per heavy atom. The molecule has 20 heavy (non-hydrogen) atoms. The van der Waals surface area contributed by atoms with Gasteiger partial charge in [0.2, 0.25) is 0 Å². The Labute approximate surface area is 125 Å². The van der Waals surface area contributed by atoms with Crippen molar-refractivity contribution < 1.29 is 17.9 Å². The maximum absolute atomic E-state index is 12.3. The minimum absolute atomic E-state index is 0.193. The van der Waals surface area contributed by atoms with Crippen molar-refractivity contribution in [2.24, 2.45) is 5.92 Å². The molecule has 0 aliphatic carbocycles. The number of carbonyl (C=O) groups excluding carboxylic acids is 1. The molecule has 0 bridgehead atoms. The summed E-state index contributed by atoms with van der Waals surface area (Å²) in [6.45, 7) is 0.193. The van der Waals surface area contributed by atoms with Gasteiger partial charge in [-0.3, -0.25) is 14.9 Å². The van der Waals surface area contributed by atoms with Crippen molar-refractivity contribution in [3.05, 3.63) is 28.7 Å². The van der Waals surface area contributed by atoms with Crippen molar-refractivity contribution in [2.45, 2.75) is 5.37 Å². The van der Waals surface area contributed by atoms with E-state index in [1.807, 2.05) is 0 Å². The van der Waals surface area contributed by atoms with E-state index in [1.165, 1.54) is 7.11 Å². The number of ether oxygens (including phenoxy) is 1. The summed E-state index contributed by atoms with van der Waals surface area (Å²) in [6, 6.07) is 6.68. The predicted molar refractivity (Wildman–Crippen MR) is 77.1 cm³/mol. The van der Waals surface area contributed by atoms with Gasteiger partial charge in [0.15, 0.2) is 5.37 Å². The van der Waals surface area contributed by atoms with Gasteiger partial charge < -0.3 is 4.74 Å². The lowest BCUT2D eigenvalue weighted by Gasteiger charge is -2.18. The summed E-state index contributed by atoms with van der Waals surface area (Å²) in [5.74, 6) is -1.37. The Kier molecular flexibility index (Phi) is 4.63. The molecule has 0 spiro atoms. The molecule has 1 fully saturated rings. The van der Waals surface area contributed by atoms with Crippen molar-refractivity contribution in [1.82, 2.24) is 10.9 Å². The molecule has 1 aliphatic rings. The Morgan fingerprint density at radius 3 is 2.65 bits per heavy atom. The number of rotatable bonds is 4. The van der Waals surface area contributed by atoms with Crippen LogP contribution < -0.4 is 15.6 Å². The third-order valence-electron chi connectivity index (χ3n) is 2.87. The first-order valence-electron chi connectivity index (χ1n) is 5.77. The van der Waals surface area contributed by atoms with Gasteiger partial charge in [-0.25, -0.2) is 13.8 Å². The van der Waals surface area contributed by atoms with Crippen molar-refractivity contribution >= 4 is 37.6 Å². The Hall–Kier alpha value is -1.16. The van der Waals surface area contributed by atoms with Crippen LogP contribution in [0.3, 0.4) is 0 Å². The van der Waals surface area contributed by atoms with Gasteiger partial charge in [-0.1, -0.05) is 15.9 Å². The summed E-state index contributed by atoms with van der Waals surface area (Å²) in [7, 11) is -2.54. The molecule has 1 aromatic carbocycles. The zero-order chi connectivity index (χ0) is 14.8. The monoisotopic (exact) mass is 363 g/mol. The molecule has 1 heterocycles. The van der Waals surface area contributed by atoms with Crippen LogP contribution in [0.15, 0.2) is 28.7 Å². The van der Waals surface area contributed by atoms with Gasteiger partial charge in [-0.2, -0.15) is 0 Å². The van der Waals surface area contributed by atoms with E-state index in [0.717, 1.165) is 4.47 Å². The molecule has 3 N–H and O–H groups in total. The Balaban J connectivity index is 2.17. The van der Waals surface area contributed by atoms with Gasteiger partial charge in [-0.15, -0.1) is 0 Å². The van der Waals surface area contributed by atoms with E-state index in [2.05, 4.69) is 36.2 Å². The fraction of sp³-hybridized carbons (Fsp3) is 0.364. The number of benzene rings is 1. The summed E-state index contributed by atoms with van der Waals surface area (Å²) in [6.07, 6.45) is 0. The smallest absolute Gasteiger partial charge is 0.312 e. The Bertz CT molecular complexity index is 590. The first-order valence-corrected chi connectivity index (χ1v) is 8.11. The second kappa shape index (κ2) is 6.08. The summed E-state index contributed by atoms with van der Waals surface area (Å²) >= 11 is 3.27. The zero-order valence-electron chi connectivity index (χ0n) is 10.6. The van der Waals surface area contributed by atoms with Crippen molar-refractivity contribution in [3.8, 4) is 0 Å².